The van der Waals surface area contributed by atoms with Crippen molar-refractivity contribution in [2.75, 3.05) is 5.43 Å². The number of rotatable bonds is 7. The molecule has 0 amide bonds. The summed E-state index contributed by atoms with van der Waals surface area (Å²) in [5, 5.41) is 6.86. The highest BCUT2D eigenvalue weighted by molar-refractivity contribution is 7.87. The van der Waals surface area contributed by atoms with E-state index in [1.165, 1.54) is 29.0 Å². The largest absolute Gasteiger partial charge is 0.379 e. The molecule has 0 aliphatic heterocycles. The molecule has 0 radical (unpaired) electrons. The number of hydrazone groups is 1. The molecule has 4 aromatic rings. The summed E-state index contributed by atoms with van der Waals surface area (Å²) in [7, 11) is -3.87. The van der Waals surface area contributed by atoms with Gasteiger partial charge in [-0.25, -0.2) is 4.98 Å². The van der Waals surface area contributed by atoms with Gasteiger partial charge in [0.15, 0.2) is 0 Å². The van der Waals surface area contributed by atoms with Gasteiger partial charge in [-0.1, -0.05) is 47.5 Å². The Morgan fingerprint density at radius 3 is 2.19 bits per heavy atom. The van der Waals surface area contributed by atoms with Crippen molar-refractivity contribution in [1.82, 2.24) is 4.98 Å². The number of aryl methyl sites for hydroxylation is 2. The van der Waals surface area contributed by atoms with Crippen LogP contribution in [0.5, 0.6) is 5.75 Å². The predicted molar refractivity (Wildman–Crippen MR) is 129 cm³/mol. The number of aromatic nitrogens is 1. The van der Waals surface area contributed by atoms with E-state index in [-0.39, 0.29) is 10.6 Å². The lowest BCUT2D eigenvalue weighted by molar-refractivity contribution is 0.486. The van der Waals surface area contributed by atoms with Gasteiger partial charge in [0.25, 0.3) is 0 Å². The Hall–Kier alpha value is -3.49. The summed E-state index contributed by atoms with van der Waals surface area (Å²) in [5.41, 5.74) is 7.84. The van der Waals surface area contributed by atoms with Gasteiger partial charge in [-0.15, -0.1) is 11.3 Å². The smallest absolute Gasteiger partial charge is 0.339 e. The van der Waals surface area contributed by atoms with Crippen molar-refractivity contribution in [3.05, 3.63) is 94.9 Å². The van der Waals surface area contributed by atoms with Gasteiger partial charge in [0, 0.05) is 10.9 Å². The predicted octanol–water partition coefficient (Wildman–Crippen LogP) is 5.64. The lowest BCUT2D eigenvalue weighted by atomic mass is 10.1. The van der Waals surface area contributed by atoms with E-state index in [0.29, 0.717) is 5.13 Å². The van der Waals surface area contributed by atoms with Crippen LogP contribution in [0.2, 0.25) is 0 Å². The molecule has 3 aromatic carbocycles. The third kappa shape index (κ3) is 5.40. The second-order valence-electron chi connectivity index (χ2n) is 7.19. The Bertz CT molecular complexity index is 1330. The molecule has 1 heterocycles. The van der Waals surface area contributed by atoms with E-state index >= 15 is 0 Å². The lowest BCUT2D eigenvalue weighted by Gasteiger charge is -2.07. The van der Waals surface area contributed by atoms with E-state index < -0.39 is 10.1 Å². The van der Waals surface area contributed by atoms with Gasteiger partial charge in [-0.2, -0.15) is 13.5 Å². The Morgan fingerprint density at radius 2 is 1.53 bits per heavy atom. The number of benzene rings is 3. The summed E-state index contributed by atoms with van der Waals surface area (Å²) in [4.78, 5) is 4.65. The van der Waals surface area contributed by atoms with Crippen LogP contribution in [0.15, 0.2) is 88.2 Å². The van der Waals surface area contributed by atoms with Crippen molar-refractivity contribution in [2.45, 2.75) is 18.7 Å². The lowest BCUT2D eigenvalue weighted by Crippen LogP contribution is -2.09. The molecular formula is C24H21N3O3S2. The van der Waals surface area contributed by atoms with Gasteiger partial charge in [0.1, 0.15) is 10.6 Å². The molecule has 0 spiro atoms. The first-order valence-electron chi connectivity index (χ1n) is 9.82. The summed E-state index contributed by atoms with van der Waals surface area (Å²) in [6.45, 7) is 3.94. The second kappa shape index (κ2) is 9.33. The SMILES string of the molecule is Cc1ccc(-c2csc(N/N=C\c3ccc(OS(=O)(=O)c4ccc(C)cc4)cc3)n2)cc1. The minimum atomic E-state index is -3.87. The molecule has 1 N–H and O–H groups in total. The minimum absolute atomic E-state index is 0.117. The molecule has 0 atom stereocenters. The monoisotopic (exact) mass is 463 g/mol. The molecule has 0 saturated heterocycles. The molecule has 0 aliphatic carbocycles. The van der Waals surface area contributed by atoms with Gasteiger partial charge in [-0.3, -0.25) is 5.43 Å². The van der Waals surface area contributed by atoms with Gasteiger partial charge >= 0.3 is 10.1 Å². The molecule has 4 rings (SSSR count). The van der Waals surface area contributed by atoms with Crippen molar-refractivity contribution < 1.29 is 12.6 Å². The van der Waals surface area contributed by atoms with E-state index in [1.54, 1.807) is 42.6 Å². The number of hydrogen-bond donors (Lipinski definition) is 1. The zero-order valence-electron chi connectivity index (χ0n) is 17.5. The highest BCUT2D eigenvalue weighted by Gasteiger charge is 2.16. The normalized spacial score (nSPS) is 11.6. The molecule has 162 valence electrons. The van der Waals surface area contributed by atoms with Crippen molar-refractivity contribution in [2.24, 2.45) is 5.10 Å². The molecule has 0 bridgehead atoms. The van der Waals surface area contributed by atoms with Crippen LogP contribution in [0.25, 0.3) is 11.3 Å². The third-order valence-corrected chi connectivity index (χ3v) is 6.63. The average molecular weight is 464 g/mol. The van der Waals surface area contributed by atoms with E-state index in [1.807, 2.05) is 31.4 Å². The number of nitrogens with one attached hydrogen (secondary N) is 1. The van der Waals surface area contributed by atoms with Crippen LogP contribution in [0.4, 0.5) is 5.13 Å². The van der Waals surface area contributed by atoms with Crippen LogP contribution < -0.4 is 9.61 Å². The fraction of sp³-hybridized carbons (Fsp3) is 0.0833. The topological polar surface area (TPSA) is 80.7 Å². The number of hydrogen-bond acceptors (Lipinski definition) is 7. The highest BCUT2D eigenvalue weighted by atomic mass is 32.2. The number of thiazole rings is 1. The third-order valence-electron chi connectivity index (χ3n) is 4.62. The van der Waals surface area contributed by atoms with E-state index in [9.17, 15) is 8.42 Å². The van der Waals surface area contributed by atoms with Crippen LogP contribution in [0.3, 0.4) is 0 Å². The fourth-order valence-electron chi connectivity index (χ4n) is 2.83. The second-order valence-corrected chi connectivity index (χ2v) is 9.60. The summed E-state index contributed by atoms with van der Waals surface area (Å²) in [6.07, 6.45) is 1.63. The van der Waals surface area contributed by atoms with Crippen molar-refractivity contribution in [1.29, 1.82) is 0 Å². The molecule has 0 saturated carbocycles. The summed E-state index contributed by atoms with van der Waals surface area (Å²) in [5.74, 6) is 0.235. The first-order chi connectivity index (χ1) is 15.4. The van der Waals surface area contributed by atoms with Crippen LogP contribution in [0, 0.1) is 13.8 Å². The van der Waals surface area contributed by atoms with Crippen molar-refractivity contribution in [3.63, 3.8) is 0 Å². The molecule has 0 fully saturated rings. The zero-order valence-corrected chi connectivity index (χ0v) is 19.2. The Kier molecular flexibility index (Phi) is 6.34. The molecule has 1 aromatic heterocycles. The molecular weight excluding hydrogens is 442 g/mol. The minimum Gasteiger partial charge on any atom is -0.379 e. The van der Waals surface area contributed by atoms with Gasteiger partial charge in [0.2, 0.25) is 5.13 Å². The van der Waals surface area contributed by atoms with Gasteiger partial charge in [-0.05, 0) is 55.8 Å². The van der Waals surface area contributed by atoms with Crippen LogP contribution in [-0.4, -0.2) is 19.6 Å². The molecule has 6 nitrogen and oxygen atoms in total. The van der Waals surface area contributed by atoms with E-state index in [2.05, 4.69) is 27.6 Å². The highest BCUT2D eigenvalue weighted by Crippen LogP contribution is 2.25. The van der Waals surface area contributed by atoms with E-state index in [4.69, 9.17) is 4.18 Å². The van der Waals surface area contributed by atoms with Crippen molar-refractivity contribution >= 4 is 32.8 Å². The number of nitrogens with zero attached hydrogens (tertiary/aromatic N) is 2. The van der Waals surface area contributed by atoms with Gasteiger partial charge < -0.3 is 4.18 Å². The van der Waals surface area contributed by atoms with Crippen LogP contribution in [0.1, 0.15) is 16.7 Å². The Morgan fingerprint density at radius 1 is 0.906 bits per heavy atom. The zero-order chi connectivity index (χ0) is 22.6. The molecule has 8 heteroatoms. The van der Waals surface area contributed by atoms with Crippen LogP contribution >= 0.6 is 11.3 Å². The molecule has 32 heavy (non-hydrogen) atoms. The molecule has 0 unspecified atom stereocenters. The standard InChI is InChI=1S/C24H21N3O3S2/c1-17-3-9-20(10-4-17)23-16-31-24(26-23)27-25-15-19-7-11-21(12-8-19)30-32(28,29)22-13-5-18(2)6-14-22/h3-16H,1-2H3,(H,26,27)/b25-15-. The first-order valence-corrected chi connectivity index (χ1v) is 12.1. The first kappa shape index (κ1) is 21.7. The van der Waals surface area contributed by atoms with Crippen LogP contribution in [-0.2, 0) is 10.1 Å². The quantitative estimate of drug-likeness (QED) is 0.218. The van der Waals surface area contributed by atoms with Gasteiger partial charge in [0.05, 0.1) is 11.9 Å². The average Bonchev–Trinajstić information content (AvgIpc) is 3.24. The molecule has 0 aliphatic rings. The van der Waals surface area contributed by atoms with Crippen molar-refractivity contribution in [3.8, 4) is 17.0 Å². The fourth-order valence-corrected chi connectivity index (χ4v) is 4.43. The maximum atomic E-state index is 12.4. The summed E-state index contributed by atoms with van der Waals surface area (Å²) in [6, 6.07) is 21.3. The Labute approximate surface area is 191 Å². The Balaban J connectivity index is 1.36. The summed E-state index contributed by atoms with van der Waals surface area (Å²) >= 11 is 1.47. The maximum absolute atomic E-state index is 12.4. The summed E-state index contributed by atoms with van der Waals surface area (Å²) < 4.78 is 30.0. The maximum Gasteiger partial charge on any atom is 0.339 e. The van der Waals surface area contributed by atoms with E-state index in [0.717, 1.165) is 22.4 Å². The number of anilines is 1.